The Morgan fingerprint density at radius 2 is 1.83 bits per heavy atom. The summed E-state index contributed by atoms with van der Waals surface area (Å²) in [4.78, 5) is 18.3. The lowest BCUT2D eigenvalue weighted by atomic mass is 9.96. The summed E-state index contributed by atoms with van der Waals surface area (Å²) in [6, 6.07) is 15.8. The first-order valence-electron chi connectivity index (χ1n) is 10.0. The van der Waals surface area contributed by atoms with Crippen LogP contribution < -0.4 is 10.6 Å². The summed E-state index contributed by atoms with van der Waals surface area (Å²) in [6.45, 7) is 4.24. The van der Waals surface area contributed by atoms with E-state index in [0.29, 0.717) is 12.1 Å². The standard InChI is InChI=1S/C23H29ClN4O.HI/c1-4-25-22(26-15-17-8-10-18(11-9-17)21(29)28(2)3)27-16-23(12-13-23)19-6-5-7-20(24)14-19;/h5-11,14H,4,12-13,15-16H2,1-3H3,(H2,25,26,27);1H. The second-order valence-electron chi connectivity index (χ2n) is 7.74. The summed E-state index contributed by atoms with van der Waals surface area (Å²) in [5.41, 5.74) is 3.18. The van der Waals surface area contributed by atoms with E-state index in [1.807, 2.05) is 36.4 Å². The Kier molecular flexibility index (Phi) is 8.97. The molecule has 0 radical (unpaired) electrons. The van der Waals surface area contributed by atoms with Crippen molar-refractivity contribution in [1.29, 1.82) is 0 Å². The van der Waals surface area contributed by atoms with Crippen molar-refractivity contribution in [2.24, 2.45) is 4.99 Å². The van der Waals surface area contributed by atoms with E-state index in [0.717, 1.165) is 42.5 Å². The molecular weight excluding hydrogens is 511 g/mol. The molecule has 30 heavy (non-hydrogen) atoms. The topological polar surface area (TPSA) is 56.7 Å². The third-order valence-corrected chi connectivity index (χ3v) is 5.49. The molecule has 1 saturated carbocycles. The molecular formula is C23H30ClIN4O. The Morgan fingerprint density at radius 1 is 1.13 bits per heavy atom. The molecule has 0 aliphatic heterocycles. The van der Waals surface area contributed by atoms with Crippen LogP contribution in [-0.4, -0.2) is 44.0 Å². The van der Waals surface area contributed by atoms with Crippen LogP contribution >= 0.6 is 35.6 Å². The predicted octanol–water partition coefficient (Wildman–Crippen LogP) is 4.45. The van der Waals surface area contributed by atoms with Crippen LogP contribution in [-0.2, 0) is 12.0 Å². The monoisotopic (exact) mass is 540 g/mol. The fourth-order valence-electron chi connectivity index (χ4n) is 3.31. The number of guanidine groups is 1. The molecule has 0 unspecified atom stereocenters. The van der Waals surface area contributed by atoms with Gasteiger partial charge in [-0.3, -0.25) is 4.79 Å². The Hall–Kier alpha value is -1.80. The van der Waals surface area contributed by atoms with E-state index < -0.39 is 0 Å². The highest BCUT2D eigenvalue weighted by atomic mass is 127. The van der Waals surface area contributed by atoms with Crippen LogP contribution in [0, 0.1) is 0 Å². The molecule has 2 N–H and O–H groups in total. The van der Waals surface area contributed by atoms with Gasteiger partial charge in [0.1, 0.15) is 0 Å². The molecule has 0 atom stereocenters. The van der Waals surface area contributed by atoms with E-state index in [4.69, 9.17) is 16.6 Å². The Morgan fingerprint density at radius 3 is 2.40 bits per heavy atom. The zero-order chi connectivity index (χ0) is 20.9. The number of aliphatic imine (C=N–C) groups is 1. The predicted molar refractivity (Wildman–Crippen MR) is 135 cm³/mol. The highest BCUT2D eigenvalue weighted by Crippen LogP contribution is 2.48. The summed E-state index contributed by atoms with van der Waals surface area (Å²) < 4.78 is 0. The molecule has 0 aromatic heterocycles. The van der Waals surface area contributed by atoms with Gasteiger partial charge in [0.05, 0.1) is 6.54 Å². The summed E-state index contributed by atoms with van der Waals surface area (Å²) in [5.74, 6) is 0.806. The summed E-state index contributed by atoms with van der Waals surface area (Å²) in [5, 5.41) is 7.59. The van der Waals surface area contributed by atoms with E-state index in [-0.39, 0.29) is 35.3 Å². The molecule has 0 heterocycles. The van der Waals surface area contributed by atoms with Crippen LogP contribution in [0.15, 0.2) is 53.5 Å². The van der Waals surface area contributed by atoms with E-state index in [1.165, 1.54) is 5.56 Å². The van der Waals surface area contributed by atoms with Crippen LogP contribution in [0.1, 0.15) is 41.3 Å². The van der Waals surface area contributed by atoms with Crippen LogP contribution in [0.25, 0.3) is 0 Å². The molecule has 7 heteroatoms. The first-order valence-corrected chi connectivity index (χ1v) is 10.4. The number of carbonyl (C=O) groups excluding carboxylic acids is 1. The molecule has 1 fully saturated rings. The van der Waals surface area contributed by atoms with Gasteiger partial charge in [-0.15, -0.1) is 24.0 Å². The van der Waals surface area contributed by atoms with Gasteiger partial charge in [0, 0.05) is 43.2 Å². The van der Waals surface area contributed by atoms with E-state index >= 15 is 0 Å². The van der Waals surface area contributed by atoms with Crippen molar-refractivity contribution in [2.75, 3.05) is 27.2 Å². The SMILES string of the molecule is CCNC(=NCc1ccc(C(=O)N(C)C)cc1)NCC1(c2cccc(Cl)c2)CC1.I. The minimum Gasteiger partial charge on any atom is -0.357 e. The number of benzene rings is 2. The van der Waals surface area contributed by atoms with Gasteiger partial charge in [0.15, 0.2) is 5.96 Å². The van der Waals surface area contributed by atoms with Crippen LogP contribution in [0.5, 0.6) is 0 Å². The van der Waals surface area contributed by atoms with Crippen LogP contribution in [0.2, 0.25) is 5.02 Å². The van der Waals surface area contributed by atoms with Gasteiger partial charge in [-0.1, -0.05) is 35.9 Å². The highest BCUT2D eigenvalue weighted by Gasteiger charge is 2.44. The van der Waals surface area contributed by atoms with Crippen molar-refractivity contribution < 1.29 is 4.79 Å². The molecule has 0 spiro atoms. The number of hydrogen-bond acceptors (Lipinski definition) is 2. The van der Waals surface area contributed by atoms with E-state index in [9.17, 15) is 4.79 Å². The Bertz CT molecular complexity index is 879. The molecule has 5 nitrogen and oxygen atoms in total. The maximum atomic E-state index is 12.0. The van der Waals surface area contributed by atoms with Crippen LogP contribution in [0.4, 0.5) is 0 Å². The Labute approximate surface area is 201 Å². The largest absolute Gasteiger partial charge is 0.357 e. The smallest absolute Gasteiger partial charge is 0.253 e. The maximum Gasteiger partial charge on any atom is 0.253 e. The molecule has 0 bridgehead atoms. The summed E-state index contributed by atoms with van der Waals surface area (Å²) in [7, 11) is 3.51. The van der Waals surface area contributed by atoms with Crippen molar-refractivity contribution >= 4 is 47.4 Å². The third-order valence-electron chi connectivity index (χ3n) is 5.26. The zero-order valence-electron chi connectivity index (χ0n) is 17.7. The lowest BCUT2D eigenvalue weighted by Gasteiger charge is -2.19. The lowest BCUT2D eigenvalue weighted by Crippen LogP contribution is -2.41. The van der Waals surface area contributed by atoms with Crippen molar-refractivity contribution in [3.8, 4) is 0 Å². The summed E-state index contributed by atoms with van der Waals surface area (Å²) in [6.07, 6.45) is 2.31. The first kappa shape index (κ1) is 24.5. The molecule has 2 aromatic rings. The van der Waals surface area contributed by atoms with Crippen molar-refractivity contribution in [3.63, 3.8) is 0 Å². The van der Waals surface area contributed by atoms with Crippen LogP contribution in [0.3, 0.4) is 0 Å². The number of nitrogens with one attached hydrogen (secondary N) is 2. The molecule has 1 aliphatic carbocycles. The van der Waals surface area contributed by atoms with Gasteiger partial charge in [-0.25, -0.2) is 4.99 Å². The molecule has 0 saturated heterocycles. The van der Waals surface area contributed by atoms with Gasteiger partial charge in [0.2, 0.25) is 0 Å². The number of nitrogens with zero attached hydrogens (tertiary/aromatic N) is 2. The number of amides is 1. The fourth-order valence-corrected chi connectivity index (χ4v) is 3.50. The lowest BCUT2D eigenvalue weighted by molar-refractivity contribution is 0.0827. The second-order valence-corrected chi connectivity index (χ2v) is 8.17. The van der Waals surface area contributed by atoms with Crippen molar-refractivity contribution in [3.05, 3.63) is 70.2 Å². The van der Waals surface area contributed by atoms with Gasteiger partial charge in [-0.05, 0) is 55.2 Å². The van der Waals surface area contributed by atoms with Crippen molar-refractivity contribution in [2.45, 2.75) is 31.7 Å². The number of hydrogen-bond donors (Lipinski definition) is 2. The van der Waals surface area contributed by atoms with Gasteiger partial charge < -0.3 is 15.5 Å². The van der Waals surface area contributed by atoms with E-state index in [2.05, 4.69) is 29.7 Å². The van der Waals surface area contributed by atoms with E-state index in [1.54, 1.807) is 19.0 Å². The summed E-state index contributed by atoms with van der Waals surface area (Å²) >= 11 is 6.18. The normalized spacial score (nSPS) is 14.5. The van der Waals surface area contributed by atoms with Gasteiger partial charge >= 0.3 is 0 Å². The average Bonchev–Trinajstić information content (AvgIpc) is 3.51. The number of halogens is 2. The highest BCUT2D eigenvalue weighted by molar-refractivity contribution is 14.0. The first-order chi connectivity index (χ1) is 13.9. The zero-order valence-corrected chi connectivity index (χ0v) is 20.8. The molecule has 162 valence electrons. The van der Waals surface area contributed by atoms with Gasteiger partial charge in [0.25, 0.3) is 5.91 Å². The second kappa shape index (κ2) is 11.0. The fraction of sp³-hybridized carbons (Fsp3) is 0.391. The quantitative estimate of drug-likeness (QED) is 0.310. The Balaban J connectivity index is 0.00000320. The minimum atomic E-state index is 0. The van der Waals surface area contributed by atoms with Crippen molar-refractivity contribution in [1.82, 2.24) is 15.5 Å². The average molecular weight is 541 g/mol. The maximum absolute atomic E-state index is 12.0. The minimum absolute atomic E-state index is 0. The number of rotatable bonds is 7. The molecule has 1 amide bonds. The molecule has 3 rings (SSSR count). The van der Waals surface area contributed by atoms with Gasteiger partial charge in [-0.2, -0.15) is 0 Å². The third kappa shape index (κ3) is 6.35. The molecule has 1 aliphatic rings. The number of carbonyl (C=O) groups is 1. The molecule has 2 aromatic carbocycles.